The van der Waals surface area contributed by atoms with Crippen molar-refractivity contribution in [2.75, 3.05) is 45.2 Å². The topological polar surface area (TPSA) is 114 Å². The number of hydrogen-bond acceptors (Lipinski definition) is 8. The van der Waals surface area contributed by atoms with Crippen LogP contribution >= 0.6 is 11.3 Å². The Morgan fingerprint density at radius 1 is 1.10 bits per heavy atom. The Kier molecular flexibility index (Phi) is 10.8. The lowest BCUT2D eigenvalue weighted by Gasteiger charge is -2.15. The zero-order chi connectivity index (χ0) is 22.7. The molecule has 2 N–H and O–H groups in total. The summed E-state index contributed by atoms with van der Waals surface area (Å²) in [6, 6.07) is 0. The second-order valence-electron chi connectivity index (χ2n) is 6.44. The summed E-state index contributed by atoms with van der Waals surface area (Å²) in [5.41, 5.74) is 0.485. The Bertz CT molecular complexity index is 790. The van der Waals surface area contributed by atoms with Crippen LogP contribution in [0.4, 0.5) is 5.00 Å². The van der Waals surface area contributed by atoms with Crippen LogP contribution in [0, 0.1) is 6.92 Å². The number of anilines is 1. The average molecular weight is 440 g/mol. The van der Waals surface area contributed by atoms with Crippen LogP contribution in [0.5, 0.6) is 0 Å². The van der Waals surface area contributed by atoms with E-state index in [0.717, 1.165) is 17.8 Å². The molecule has 0 aromatic carbocycles. The molecular formula is C20H29N3O6S. The van der Waals surface area contributed by atoms with Gasteiger partial charge < -0.3 is 20.1 Å². The third kappa shape index (κ3) is 7.60. The molecule has 0 unspecified atom stereocenters. The average Bonchev–Trinajstić information content (AvgIpc) is 3.00. The number of esters is 2. The van der Waals surface area contributed by atoms with Crippen molar-refractivity contribution in [2.24, 2.45) is 0 Å². The van der Waals surface area contributed by atoms with Gasteiger partial charge >= 0.3 is 11.9 Å². The number of thiophene rings is 1. The molecule has 10 heteroatoms. The summed E-state index contributed by atoms with van der Waals surface area (Å²) in [5, 5.41) is 5.58. The van der Waals surface area contributed by atoms with Crippen LogP contribution < -0.4 is 10.6 Å². The van der Waals surface area contributed by atoms with E-state index in [4.69, 9.17) is 9.47 Å². The zero-order valence-electron chi connectivity index (χ0n) is 17.8. The van der Waals surface area contributed by atoms with Crippen molar-refractivity contribution in [3.8, 4) is 0 Å². The first-order valence-electron chi connectivity index (χ1n) is 9.58. The predicted molar refractivity (Wildman–Crippen MR) is 115 cm³/mol. The lowest BCUT2D eigenvalue weighted by atomic mass is 10.1. The number of nitrogens with zero attached hydrogens (tertiary/aromatic N) is 1. The number of nitrogens with one attached hydrogen (secondary N) is 2. The highest BCUT2D eigenvalue weighted by Gasteiger charge is 2.27. The van der Waals surface area contributed by atoms with Gasteiger partial charge in [0.2, 0.25) is 11.8 Å². The molecule has 0 saturated heterocycles. The lowest BCUT2D eigenvalue weighted by molar-refractivity contribution is -0.122. The molecule has 0 aliphatic heterocycles. The van der Waals surface area contributed by atoms with Crippen molar-refractivity contribution in [3.63, 3.8) is 0 Å². The highest BCUT2D eigenvalue weighted by Crippen LogP contribution is 2.34. The van der Waals surface area contributed by atoms with Crippen LogP contribution in [-0.4, -0.2) is 68.5 Å². The summed E-state index contributed by atoms with van der Waals surface area (Å²) < 4.78 is 10.1. The number of ether oxygens (including phenoxy) is 2. The Balaban J connectivity index is 2.96. The molecule has 0 aliphatic carbocycles. The van der Waals surface area contributed by atoms with Crippen molar-refractivity contribution < 1.29 is 28.7 Å². The molecule has 0 spiro atoms. The van der Waals surface area contributed by atoms with E-state index in [9.17, 15) is 19.2 Å². The molecule has 0 fully saturated rings. The van der Waals surface area contributed by atoms with Gasteiger partial charge in [-0.25, -0.2) is 9.59 Å². The summed E-state index contributed by atoms with van der Waals surface area (Å²) in [6.45, 7) is 9.41. The van der Waals surface area contributed by atoms with Gasteiger partial charge in [-0.2, -0.15) is 0 Å². The molecule has 1 aromatic heterocycles. The van der Waals surface area contributed by atoms with E-state index in [2.05, 4.69) is 17.2 Å². The second kappa shape index (κ2) is 12.8. The number of hydrogen-bond donors (Lipinski definition) is 2. The molecular weight excluding hydrogens is 410 g/mol. The maximum atomic E-state index is 12.5. The van der Waals surface area contributed by atoms with E-state index in [1.165, 1.54) is 6.08 Å². The molecule has 166 valence electrons. The van der Waals surface area contributed by atoms with Crippen molar-refractivity contribution in [1.29, 1.82) is 0 Å². The van der Waals surface area contributed by atoms with Crippen LogP contribution in [0.1, 0.15) is 45.9 Å². The van der Waals surface area contributed by atoms with Crippen LogP contribution in [-0.2, 0) is 19.1 Å². The normalized spacial score (nSPS) is 10.4. The van der Waals surface area contributed by atoms with E-state index in [1.807, 2.05) is 6.92 Å². The van der Waals surface area contributed by atoms with Gasteiger partial charge in [-0.15, -0.1) is 11.3 Å². The van der Waals surface area contributed by atoms with Gasteiger partial charge in [-0.05, 0) is 32.9 Å². The van der Waals surface area contributed by atoms with Crippen LogP contribution in [0.2, 0.25) is 0 Å². The number of carbonyl (C=O) groups excluding carboxylic acids is 4. The maximum absolute atomic E-state index is 12.5. The van der Waals surface area contributed by atoms with Gasteiger partial charge in [0.25, 0.3) is 0 Å². The van der Waals surface area contributed by atoms with Crippen molar-refractivity contribution in [2.45, 2.75) is 27.2 Å². The van der Waals surface area contributed by atoms with E-state index in [0.29, 0.717) is 12.1 Å². The number of carbonyl (C=O) groups is 4. The fourth-order valence-corrected chi connectivity index (χ4v) is 3.58. The first-order valence-corrected chi connectivity index (χ1v) is 10.4. The summed E-state index contributed by atoms with van der Waals surface area (Å²) in [7, 11) is 1.63. The quantitative estimate of drug-likeness (QED) is 0.378. The molecule has 1 heterocycles. The van der Waals surface area contributed by atoms with Gasteiger partial charge in [-0.3, -0.25) is 14.5 Å². The summed E-state index contributed by atoms with van der Waals surface area (Å²) in [4.78, 5) is 50.6. The maximum Gasteiger partial charge on any atom is 0.348 e. The minimum Gasteiger partial charge on any atom is -0.462 e. The lowest BCUT2D eigenvalue weighted by Crippen LogP contribution is -2.39. The molecule has 1 rings (SSSR count). The second-order valence-corrected chi connectivity index (χ2v) is 7.46. The van der Waals surface area contributed by atoms with Crippen molar-refractivity contribution in [1.82, 2.24) is 10.2 Å². The molecule has 0 aliphatic rings. The Hall–Kier alpha value is -2.72. The smallest absolute Gasteiger partial charge is 0.348 e. The van der Waals surface area contributed by atoms with Crippen LogP contribution in [0.25, 0.3) is 0 Å². The van der Waals surface area contributed by atoms with Crippen molar-refractivity contribution in [3.05, 3.63) is 28.7 Å². The van der Waals surface area contributed by atoms with Gasteiger partial charge in [0.1, 0.15) is 16.5 Å². The Morgan fingerprint density at radius 3 is 2.37 bits per heavy atom. The third-order valence-corrected chi connectivity index (χ3v) is 4.98. The number of likely N-dealkylation sites (N-methyl/N-ethyl adjacent to an activating group) is 1. The highest BCUT2D eigenvalue weighted by molar-refractivity contribution is 7.18. The molecule has 1 aromatic rings. The summed E-state index contributed by atoms with van der Waals surface area (Å²) in [5.74, 6) is -1.87. The molecule has 0 atom stereocenters. The fraction of sp³-hybridized carbons (Fsp3) is 0.500. The Labute approximate surface area is 180 Å². The monoisotopic (exact) mass is 439 g/mol. The first-order chi connectivity index (χ1) is 14.2. The number of amides is 2. The van der Waals surface area contributed by atoms with Crippen LogP contribution in [0.3, 0.4) is 0 Å². The van der Waals surface area contributed by atoms with Crippen molar-refractivity contribution >= 4 is 40.1 Å². The summed E-state index contributed by atoms with van der Waals surface area (Å²) in [6.07, 6.45) is 2.25. The number of rotatable bonds is 12. The molecule has 2 amide bonds. The minimum atomic E-state index is -0.642. The van der Waals surface area contributed by atoms with E-state index >= 15 is 0 Å². The van der Waals surface area contributed by atoms with E-state index in [-0.39, 0.29) is 47.7 Å². The van der Waals surface area contributed by atoms with E-state index in [1.54, 1.807) is 25.8 Å². The minimum absolute atomic E-state index is 0.0253. The fourth-order valence-electron chi connectivity index (χ4n) is 2.48. The van der Waals surface area contributed by atoms with Gasteiger partial charge in [0.05, 0.1) is 25.3 Å². The van der Waals surface area contributed by atoms with E-state index < -0.39 is 17.8 Å². The van der Waals surface area contributed by atoms with Gasteiger partial charge in [-0.1, -0.05) is 19.6 Å². The zero-order valence-corrected chi connectivity index (χ0v) is 18.6. The molecule has 9 nitrogen and oxygen atoms in total. The SMILES string of the molecule is C=CCOC(=O)c1sc(NC(=O)CN(C)CC(=O)NCCC)c(C(=O)OCC)c1C. The van der Waals surface area contributed by atoms with Gasteiger partial charge in [0.15, 0.2) is 0 Å². The third-order valence-electron chi connectivity index (χ3n) is 3.80. The molecule has 30 heavy (non-hydrogen) atoms. The van der Waals surface area contributed by atoms with Crippen LogP contribution in [0.15, 0.2) is 12.7 Å². The molecule has 0 bridgehead atoms. The van der Waals surface area contributed by atoms with Gasteiger partial charge in [0, 0.05) is 6.54 Å². The Morgan fingerprint density at radius 2 is 1.77 bits per heavy atom. The molecule has 0 saturated carbocycles. The predicted octanol–water partition coefficient (Wildman–Crippen LogP) is 1.97. The summed E-state index contributed by atoms with van der Waals surface area (Å²) >= 11 is 0.940. The largest absolute Gasteiger partial charge is 0.462 e. The first kappa shape index (κ1) is 25.3. The standard InChI is InChI=1S/C20H29N3O6S/c1-6-9-21-14(24)11-23(5)12-15(25)22-18-16(19(26)28-8-3)13(4)17(30-18)20(27)29-10-7-2/h7H,2,6,8-12H2,1,3-5H3,(H,21,24)(H,22,25). The highest BCUT2D eigenvalue weighted by atomic mass is 32.1. The molecule has 0 radical (unpaired) electrons.